The van der Waals surface area contributed by atoms with Gasteiger partial charge in [0, 0.05) is 0 Å². The van der Waals surface area contributed by atoms with Gasteiger partial charge in [-0.2, -0.15) is 0 Å². The van der Waals surface area contributed by atoms with E-state index in [9.17, 15) is 0 Å². The highest BCUT2D eigenvalue weighted by Gasteiger charge is 2.49. The minimum atomic E-state index is -2.35. The van der Waals surface area contributed by atoms with Crippen molar-refractivity contribution in [2.45, 2.75) is 129 Å². The Hall–Kier alpha value is -6.24. The van der Waals surface area contributed by atoms with Crippen molar-refractivity contribution in [2.75, 3.05) is 13.2 Å². The lowest BCUT2D eigenvalue weighted by Gasteiger charge is -2.26. The fourth-order valence-corrected chi connectivity index (χ4v) is 19.6. The van der Waals surface area contributed by atoms with Crippen LogP contribution in [-0.4, -0.2) is 33.6 Å². The molecule has 8 nitrogen and oxygen atoms in total. The van der Waals surface area contributed by atoms with Crippen LogP contribution in [0.1, 0.15) is 128 Å². The first-order valence-corrected chi connectivity index (χ1v) is 33.1. The van der Waals surface area contributed by atoms with E-state index in [1.165, 1.54) is 120 Å². The quantitative estimate of drug-likeness (QED) is 0.0304. The second-order valence-corrected chi connectivity index (χ2v) is 28.0. The Kier molecular flexibility index (Phi) is 20.9. The maximum Gasteiger partial charge on any atom is 0.261 e. The zero-order valence-corrected chi connectivity index (χ0v) is 47.8. The van der Waals surface area contributed by atoms with Crippen LogP contribution in [0.2, 0.25) is 0 Å². The molecule has 3 aromatic heterocycles. The molecule has 0 atom stereocenters. The molecule has 0 aliphatic heterocycles. The maximum atomic E-state index is 6.96. The van der Waals surface area contributed by atoms with Crippen molar-refractivity contribution in [3.63, 3.8) is 0 Å². The van der Waals surface area contributed by atoms with Gasteiger partial charge in [0.1, 0.15) is 56.1 Å². The predicted molar refractivity (Wildman–Crippen MR) is 325 cm³/mol. The van der Waals surface area contributed by atoms with Gasteiger partial charge in [-0.15, -0.1) is 31.7 Å². The number of ether oxygens (including phenoxy) is 2. The second kappa shape index (κ2) is 28.9. The molecule has 9 rings (SSSR count). The molecule has 398 valence electrons. The molecule has 0 fully saturated rings. The summed E-state index contributed by atoms with van der Waals surface area (Å²) >= 11 is 1.47. The Morgan fingerprint density at radius 3 is 0.870 bits per heavy atom. The van der Waals surface area contributed by atoms with E-state index in [1.54, 1.807) is 0 Å². The Morgan fingerprint density at radius 1 is 0.338 bits per heavy atom. The van der Waals surface area contributed by atoms with Crippen LogP contribution < -0.4 is 41.3 Å². The summed E-state index contributed by atoms with van der Waals surface area (Å²) in [4.78, 5) is 1.40. The van der Waals surface area contributed by atoms with Crippen LogP contribution in [0.3, 0.4) is 0 Å². The van der Waals surface area contributed by atoms with E-state index in [0.29, 0.717) is 70.4 Å². The number of nitrogens with zero attached hydrogens (tertiary/aromatic N) is 4. The molecule has 0 spiro atoms. The topological polar surface area (TPSA) is 96.3 Å². The molecule has 0 aliphatic rings. The van der Waals surface area contributed by atoms with E-state index in [1.807, 2.05) is 0 Å². The molecule has 0 bridgehead atoms. The standard InChI is InChI=1S/C66H76N4O4P2S/c1-3-5-7-9-11-13-15-35-49-71-61-62(72-50-36-16-14-12-10-8-6-4-2)64(66-70-68-60(74-66)52-76(56-43-29-20-30-44-56,57-45-31-21-32-46-57)58-47-33-22-34-48-58)77-63(61)65-69-67-59(73-65)51-75(53-37-23-17-24-38-53,54-39-25-18-26-40-54)55-41-27-19-28-42-55/h17-34,37-48H,3-16,35-36,49-52H2,1-2H3/q+2. The third-order valence-corrected chi connectivity index (χ3v) is 24.3. The third kappa shape index (κ3) is 13.9. The molecule has 0 radical (unpaired) electrons. The Labute approximate surface area is 462 Å². The van der Waals surface area contributed by atoms with E-state index in [0.717, 1.165) is 25.7 Å². The first-order valence-electron chi connectivity index (χ1n) is 28.3. The van der Waals surface area contributed by atoms with Crippen molar-refractivity contribution in [3.05, 3.63) is 194 Å². The minimum Gasteiger partial charge on any atom is -0.488 e. The van der Waals surface area contributed by atoms with Crippen LogP contribution in [0.15, 0.2) is 191 Å². The largest absolute Gasteiger partial charge is 0.488 e. The van der Waals surface area contributed by atoms with Gasteiger partial charge in [-0.3, -0.25) is 0 Å². The molecule has 77 heavy (non-hydrogen) atoms. The SMILES string of the molecule is CCCCCCCCCCOc1c(-c2nnc(C[P+](c3ccccc3)(c3ccccc3)c3ccccc3)o2)sc(-c2nnc(C[P+](c3ccccc3)(c3ccccc3)c3ccccc3)o2)c1OCCCCCCCCCC. The monoisotopic (exact) mass is 1080 g/mol. The molecule has 0 N–H and O–H groups in total. The number of rotatable bonds is 32. The summed E-state index contributed by atoms with van der Waals surface area (Å²) in [5.74, 6) is 3.06. The lowest BCUT2D eigenvalue weighted by molar-refractivity contribution is 0.261. The first kappa shape index (κ1) is 55.5. The molecular weight excluding hydrogens is 1010 g/mol. The number of unbranched alkanes of at least 4 members (excludes halogenated alkanes) is 14. The molecule has 3 heterocycles. The van der Waals surface area contributed by atoms with E-state index in [4.69, 9.17) is 38.7 Å². The van der Waals surface area contributed by atoms with Crippen LogP contribution in [0.4, 0.5) is 0 Å². The van der Waals surface area contributed by atoms with Crippen LogP contribution in [0.25, 0.3) is 21.5 Å². The van der Waals surface area contributed by atoms with Gasteiger partial charge in [-0.25, -0.2) is 0 Å². The number of benzene rings is 6. The van der Waals surface area contributed by atoms with Crippen molar-refractivity contribution >= 4 is 57.7 Å². The molecule has 11 heteroatoms. The molecule has 0 amide bonds. The van der Waals surface area contributed by atoms with Crippen molar-refractivity contribution in [1.29, 1.82) is 0 Å². The van der Waals surface area contributed by atoms with Gasteiger partial charge in [0.2, 0.25) is 0 Å². The molecule has 0 unspecified atom stereocenters. The zero-order valence-electron chi connectivity index (χ0n) is 45.2. The summed E-state index contributed by atoms with van der Waals surface area (Å²) in [6, 6.07) is 65.0. The van der Waals surface area contributed by atoms with E-state index in [2.05, 4.69) is 196 Å². The summed E-state index contributed by atoms with van der Waals surface area (Å²) in [5.41, 5.74) is 0. The molecule has 0 aliphatic carbocycles. The normalized spacial score (nSPS) is 11.8. The lowest BCUT2D eigenvalue weighted by Crippen LogP contribution is -2.32. The number of thiophene rings is 1. The highest BCUT2D eigenvalue weighted by Crippen LogP contribution is 2.60. The van der Waals surface area contributed by atoms with Crippen molar-refractivity contribution in [1.82, 2.24) is 20.4 Å². The van der Waals surface area contributed by atoms with Gasteiger partial charge in [0.05, 0.1) is 13.2 Å². The molecule has 0 saturated carbocycles. The van der Waals surface area contributed by atoms with Crippen molar-refractivity contribution in [3.8, 4) is 33.0 Å². The summed E-state index contributed by atoms with van der Waals surface area (Å²) in [6.45, 7) is 5.58. The van der Waals surface area contributed by atoms with E-state index < -0.39 is 14.5 Å². The van der Waals surface area contributed by atoms with Crippen LogP contribution in [-0.2, 0) is 12.3 Å². The lowest BCUT2D eigenvalue weighted by atomic mass is 10.1. The Balaban J connectivity index is 1.11. The number of hydrogen-bond acceptors (Lipinski definition) is 9. The zero-order chi connectivity index (χ0) is 52.8. The summed E-state index contributed by atoms with van der Waals surface area (Å²) in [5, 5.41) is 27.0. The third-order valence-electron chi connectivity index (χ3n) is 14.6. The van der Waals surface area contributed by atoms with E-state index >= 15 is 0 Å². The van der Waals surface area contributed by atoms with Crippen LogP contribution in [0, 0.1) is 0 Å². The van der Waals surface area contributed by atoms with Gasteiger partial charge in [0.15, 0.2) is 23.8 Å². The average molecular weight is 1080 g/mol. The average Bonchev–Trinajstić information content (AvgIpc) is 4.37. The summed E-state index contributed by atoms with van der Waals surface area (Å²) in [7, 11) is -4.70. The minimum absolute atomic E-state index is 0.383. The Bertz CT molecular complexity index is 2680. The highest BCUT2D eigenvalue weighted by atomic mass is 32.1. The maximum absolute atomic E-state index is 6.96. The summed E-state index contributed by atoms with van der Waals surface area (Å²) < 4.78 is 27.8. The molecule has 6 aromatic carbocycles. The predicted octanol–water partition coefficient (Wildman–Crippen LogP) is 15.9. The molecule has 0 saturated heterocycles. The molecule has 9 aromatic rings. The van der Waals surface area contributed by atoms with E-state index in [-0.39, 0.29) is 0 Å². The fraction of sp³-hybridized carbons (Fsp3) is 0.333. The summed E-state index contributed by atoms with van der Waals surface area (Å²) in [6.07, 6.45) is 20.2. The fourth-order valence-electron chi connectivity index (χ4n) is 10.5. The van der Waals surface area contributed by atoms with Gasteiger partial charge >= 0.3 is 0 Å². The number of aromatic nitrogens is 4. The van der Waals surface area contributed by atoms with Gasteiger partial charge < -0.3 is 18.3 Å². The second-order valence-electron chi connectivity index (χ2n) is 20.0. The van der Waals surface area contributed by atoms with Gasteiger partial charge in [-0.05, 0) is 85.6 Å². The van der Waals surface area contributed by atoms with Crippen molar-refractivity contribution < 1.29 is 18.3 Å². The molecular formula is C66H76N4O4P2S+2. The smallest absolute Gasteiger partial charge is 0.261 e. The van der Waals surface area contributed by atoms with Crippen LogP contribution in [0.5, 0.6) is 11.5 Å². The Morgan fingerprint density at radius 2 is 0.597 bits per heavy atom. The van der Waals surface area contributed by atoms with Gasteiger partial charge in [-0.1, -0.05) is 213 Å². The van der Waals surface area contributed by atoms with Crippen LogP contribution >= 0.6 is 25.9 Å². The number of hydrogen-bond donors (Lipinski definition) is 0. The van der Waals surface area contributed by atoms with Crippen molar-refractivity contribution in [2.24, 2.45) is 0 Å². The first-order chi connectivity index (χ1) is 38.1. The highest BCUT2D eigenvalue weighted by molar-refractivity contribution is 7.95. The van der Waals surface area contributed by atoms with Gasteiger partial charge in [0.25, 0.3) is 23.6 Å².